The average Bonchev–Trinajstić information content (AvgIpc) is 2.92. The van der Waals surface area contributed by atoms with Crippen LogP contribution in [0.15, 0.2) is 41.0 Å². The molecule has 0 aliphatic heterocycles. The third kappa shape index (κ3) is 4.36. The van der Waals surface area contributed by atoms with E-state index in [0.717, 1.165) is 37.1 Å². The fourth-order valence-corrected chi connectivity index (χ4v) is 2.53. The number of hydrogen-bond acceptors (Lipinski definition) is 2. The lowest BCUT2D eigenvalue weighted by atomic mass is 10.0. The Morgan fingerprint density at radius 1 is 1.35 bits per heavy atom. The molecule has 0 amide bonds. The van der Waals surface area contributed by atoms with E-state index in [2.05, 4.69) is 12.2 Å². The van der Waals surface area contributed by atoms with Gasteiger partial charge in [0.25, 0.3) is 0 Å². The molecule has 1 unspecified atom stereocenters. The van der Waals surface area contributed by atoms with Crippen molar-refractivity contribution in [2.24, 2.45) is 0 Å². The number of furan rings is 1. The van der Waals surface area contributed by atoms with E-state index in [4.69, 9.17) is 16.0 Å². The molecule has 1 N–H and O–H groups in total. The molecule has 0 aliphatic carbocycles. The van der Waals surface area contributed by atoms with Gasteiger partial charge in [-0.25, -0.2) is 4.39 Å². The topological polar surface area (TPSA) is 25.2 Å². The van der Waals surface area contributed by atoms with E-state index >= 15 is 0 Å². The average molecular weight is 296 g/mol. The Balaban J connectivity index is 1.97. The lowest BCUT2D eigenvalue weighted by Crippen LogP contribution is -2.31. The summed E-state index contributed by atoms with van der Waals surface area (Å²) in [4.78, 5) is 0. The van der Waals surface area contributed by atoms with E-state index in [0.29, 0.717) is 11.1 Å². The minimum atomic E-state index is -0.297. The molecule has 1 atom stereocenters. The fourth-order valence-electron chi connectivity index (χ4n) is 2.29. The van der Waals surface area contributed by atoms with Gasteiger partial charge < -0.3 is 9.73 Å². The van der Waals surface area contributed by atoms with Crippen LogP contribution in [-0.2, 0) is 12.8 Å². The third-order valence-electron chi connectivity index (χ3n) is 3.29. The van der Waals surface area contributed by atoms with E-state index in [1.54, 1.807) is 12.3 Å². The van der Waals surface area contributed by atoms with E-state index in [1.165, 1.54) is 12.1 Å². The second kappa shape index (κ2) is 7.46. The molecule has 0 saturated carbocycles. The summed E-state index contributed by atoms with van der Waals surface area (Å²) in [6, 6.07) is 8.76. The van der Waals surface area contributed by atoms with Crippen LogP contribution in [0.2, 0.25) is 5.02 Å². The molecule has 0 bridgehead atoms. The number of nitrogens with one attached hydrogen (secondary N) is 1. The second-order valence-corrected chi connectivity index (χ2v) is 5.22. The van der Waals surface area contributed by atoms with Gasteiger partial charge in [0.2, 0.25) is 0 Å². The zero-order chi connectivity index (χ0) is 14.4. The Bertz CT molecular complexity index is 527. The number of rotatable bonds is 7. The molecular formula is C16H19ClFNO. The largest absolute Gasteiger partial charge is 0.469 e. The van der Waals surface area contributed by atoms with Gasteiger partial charge in [0.15, 0.2) is 0 Å². The van der Waals surface area contributed by atoms with Crippen LogP contribution in [0.1, 0.15) is 24.7 Å². The zero-order valence-electron chi connectivity index (χ0n) is 11.5. The molecular weight excluding hydrogens is 277 g/mol. The fraction of sp³-hybridized carbons (Fsp3) is 0.375. The molecule has 0 spiro atoms. The van der Waals surface area contributed by atoms with E-state index < -0.39 is 0 Å². The SMILES string of the molecule is CCNC(CCc1ccco1)Cc1ccc(F)cc1Cl. The first kappa shape index (κ1) is 15.1. The number of halogens is 2. The van der Waals surface area contributed by atoms with Crippen LogP contribution in [0.5, 0.6) is 0 Å². The maximum atomic E-state index is 13.1. The van der Waals surface area contributed by atoms with Crippen molar-refractivity contribution in [3.8, 4) is 0 Å². The van der Waals surface area contributed by atoms with Crippen LogP contribution >= 0.6 is 11.6 Å². The molecule has 0 radical (unpaired) electrons. The number of likely N-dealkylation sites (N-methyl/N-ethyl adjacent to an activating group) is 1. The van der Waals surface area contributed by atoms with Crippen molar-refractivity contribution in [2.75, 3.05) is 6.54 Å². The number of aryl methyl sites for hydroxylation is 1. The summed E-state index contributed by atoms with van der Waals surface area (Å²) in [5, 5.41) is 3.93. The third-order valence-corrected chi connectivity index (χ3v) is 3.65. The maximum absolute atomic E-state index is 13.1. The summed E-state index contributed by atoms with van der Waals surface area (Å²) in [7, 11) is 0. The molecule has 2 nitrogen and oxygen atoms in total. The normalized spacial score (nSPS) is 12.6. The minimum absolute atomic E-state index is 0.297. The Kier molecular flexibility index (Phi) is 5.62. The van der Waals surface area contributed by atoms with Crippen LogP contribution in [0.3, 0.4) is 0 Å². The molecule has 1 heterocycles. The summed E-state index contributed by atoms with van der Waals surface area (Å²) in [6.07, 6.45) is 4.31. The maximum Gasteiger partial charge on any atom is 0.124 e. The Morgan fingerprint density at radius 2 is 2.20 bits per heavy atom. The van der Waals surface area contributed by atoms with Crippen molar-refractivity contribution in [3.05, 3.63) is 58.8 Å². The van der Waals surface area contributed by atoms with Gasteiger partial charge in [-0.15, -0.1) is 0 Å². The first-order valence-electron chi connectivity index (χ1n) is 6.88. The highest BCUT2D eigenvalue weighted by molar-refractivity contribution is 6.31. The highest BCUT2D eigenvalue weighted by Gasteiger charge is 2.12. The van der Waals surface area contributed by atoms with Crippen molar-refractivity contribution in [1.82, 2.24) is 5.32 Å². The van der Waals surface area contributed by atoms with Crippen molar-refractivity contribution in [3.63, 3.8) is 0 Å². The highest BCUT2D eigenvalue weighted by atomic mass is 35.5. The summed E-state index contributed by atoms with van der Waals surface area (Å²) >= 11 is 6.09. The standard InChI is InChI=1S/C16H19ClFNO/c1-2-19-14(7-8-15-4-3-9-20-15)10-12-5-6-13(18)11-16(12)17/h3-6,9,11,14,19H,2,7-8,10H2,1H3. The van der Waals surface area contributed by atoms with Crippen LogP contribution < -0.4 is 5.32 Å². The lowest BCUT2D eigenvalue weighted by Gasteiger charge is -2.18. The Morgan fingerprint density at radius 3 is 2.85 bits per heavy atom. The van der Waals surface area contributed by atoms with Gasteiger partial charge in [-0.2, -0.15) is 0 Å². The van der Waals surface area contributed by atoms with Crippen LogP contribution in [0, 0.1) is 5.82 Å². The Labute approximate surface area is 123 Å². The van der Waals surface area contributed by atoms with Crippen LogP contribution in [0.25, 0.3) is 0 Å². The van der Waals surface area contributed by atoms with Crippen molar-refractivity contribution >= 4 is 11.6 Å². The van der Waals surface area contributed by atoms with E-state index in [-0.39, 0.29) is 5.82 Å². The van der Waals surface area contributed by atoms with Crippen molar-refractivity contribution < 1.29 is 8.81 Å². The summed E-state index contributed by atoms with van der Waals surface area (Å²) in [5.74, 6) is 0.687. The van der Waals surface area contributed by atoms with Gasteiger partial charge in [-0.3, -0.25) is 0 Å². The summed E-state index contributed by atoms with van der Waals surface area (Å²) in [6.45, 7) is 2.97. The number of hydrogen-bond donors (Lipinski definition) is 1. The van der Waals surface area contributed by atoms with Gasteiger partial charge in [0, 0.05) is 17.5 Å². The monoisotopic (exact) mass is 295 g/mol. The Hall–Kier alpha value is -1.32. The lowest BCUT2D eigenvalue weighted by molar-refractivity contribution is 0.447. The molecule has 108 valence electrons. The summed E-state index contributed by atoms with van der Waals surface area (Å²) < 4.78 is 18.4. The molecule has 1 aromatic carbocycles. The molecule has 1 aromatic heterocycles. The predicted molar refractivity (Wildman–Crippen MR) is 79.6 cm³/mol. The predicted octanol–water partition coefficient (Wildman–Crippen LogP) is 4.23. The molecule has 4 heteroatoms. The number of benzene rings is 1. The van der Waals surface area contributed by atoms with E-state index in [9.17, 15) is 4.39 Å². The first-order valence-corrected chi connectivity index (χ1v) is 7.26. The smallest absolute Gasteiger partial charge is 0.124 e. The molecule has 2 aromatic rings. The second-order valence-electron chi connectivity index (χ2n) is 4.81. The van der Waals surface area contributed by atoms with Crippen LogP contribution in [-0.4, -0.2) is 12.6 Å². The minimum Gasteiger partial charge on any atom is -0.469 e. The van der Waals surface area contributed by atoms with Crippen molar-refractivity contribution in [1.29, 1.82) is 0 Å². The van der Waals surface area contributed by atoms with Gasteiger partial charge >= 0.3 is 0 Å². The van der Waals surface area contributed by atoms with Gasteiger partial charge in [0.1, 0.15) is 11.6 Å². The molecule has 0 saturated heterocycles. The van der Waals surface area contributed by atoms with Crippen LogP contribution in [0.4, 0.5) is 4.39 Å². The van der Waals surface area contributed by atoms with Gasteiger partial charge in [0.05, 0.1) is 6.26 Å². The quantitative estimate of drug-likeness (QED) is 0.827. The molecule has 2 rings (SSSR count). The molecule has 20 heavy (non-hydrogen) atoms. The zero-order valence-corrected chi connectivity index (χ0v) is 12.3. The van der Waals surface area contributed by atoms with Gasteiger partial charge in [-0.05, 0) is 49.2 Å². The summed E-state index contributed by atoms with van der Waals surface area (Å²) in [5.41, 5.74) is 0.971. The van der Waals surface area contributed by atoms with Gasteiger partial charge in [-0.1, -0.05) is 24.6 Å². The van der Waals surface area contributed by atoms with Crippen molar-refractivity contribution in [2.45, 2.75) is 32.2 Å². The molecule has 0 aliphatic rings. The molecule has 0 fully saturated rings. The highest BCUT2D eigenvalue weighted by Crippen LogP contribution is 2.20. The van der Waals surface area contributed by atoms with E-state index in [1.807, 2.05) is 12.1 Å². The first-order chi connectivity index (χ1) is 9.69.